The molecule has 0 unspecified atom stereocenters. The van der Waals surface area contributed by atoms with Crippen LogP contribution < -0.4 is 5.32 Å². The SMILES string of the molecule is CCNCC.CCc1ccccc1.Cc1ccccc1. The average molecular weight is 271 g/mol. The molecule has 1 nitrogen and oxygen atoms in total. The van der Waals surface area contributed by atoms with Crippen LogP contribution in [-0.4, -0.2) is 13.1 Å². The van der Waals surface area contributed by atoms with Gasteiger partial charge in [0, 0.05) is 0 Å². The van der Waals surface area contributed by atoms with Gasteiger partial charge in [-0.25, -0.2) is 0 Å². The van der Waals surface area contributed by atoms with Crippen LogP contribution >= 0.6 is 0 Å². The van der Waals surface area contributed by atoms with Crippen LogP contribution in [0, 0.1) is 6.92 Å². The molecule has 0 fully saturated rings. The van der Waals surface area contributed by atoms with Crippen LogP contribution in [-0.2, 0) is 6.42 Å². The van der Waals surface area contributed by atoms with E-state index < -0.39 is 0 Å². The third-order valence-corrected chi connectivity index (χ3v) is 2.69. The zero-order valence-electron chi connectivity index (χ0n) is 13.4. The maximum Gasteiger partial charge on any atom is -0.00775 e. The second kappa shape index (κ2) is 13.8. The highest BCUT2D eigenvalue weighted by atomic mass is 14.8. The second-order valence-corrected chi connectivity index (χ2v) is 4.45. The predicted octanol–water partition coefficient (Wildman–Crippen LogP) is 4.86. The first-order valence-electron chi connectivity index (χ1n) is 7.50. The van der Waals surface area contributed by atoms with Crippen molar-refractivity contribution in [3.63, 3.8) is 0 Å². The first-order valence-corrected chi connectivity index (χ1v) is 7.50. The summed E-state index contributed by atoms with van der Waals surface area (Å²) >= 11 is 0. The van der Waals surface area contributed by atoms with Gasteiger partial charge >= 0.3 is 0 Å². The fourth-order valence-corrected chi connectivity index (χ4v) is 1.50. The van der Waals surface area contributed by atoms with E-state index in [1.807, 2.05) is 24.3 Å². The molecular formula is C19H29N. The molecule has 0 saturated carbocycles. The number of hydrogen-bond donors (Lipinski definition) is 1. The Kier molecular flexibility index (Phi) is 12.7. The third kappa shape index (κ3) is 11.5. The predicted molar refractivity (Wildman–Crippen MR) is 91.2 cm³/mol. The number of hydrogen-bond acceptors (Lipinski definition) is 1. The fourth-order valence-electron chi connectivity index (χ4n) is 1.50. The minimum Gasteiger partial charge on any atom is -0.317 e. The van der Waals surface area contributed by atoms with Crippen molar-refractivity contribution in [3.05, 3.63) is 71.8 Å². The summed E-state index contributed by atoms with van der Waals surface area (Å²) < 4.78 is 0. The highest BCUT2D eigenvalue weighted by Crippen LogP contribution is 1.96. The molecule has 0 aliphatic rings. The maximum absolute atomic E-state index is 3.11. The highest BCUT2D eigenvalue weighted by Gasteiger charge is 1.80. The minimum atomic E-state index is 1.09. The Bertz CT molecular complexity index is 393. The van der Waals surface area contributed by atoms with Gasteiger partial charge in [-0.1, -0.05) is 87.0 Å². The summed E-state index contributed by atoms with van der Waals surface area (Å²) in [7, 11) is 0. The van der Waals surface area contributed by atoms with E-state index in [0.717, 1.165) is 19.5 Å². The minimum absolute atomic E-state index is 1.09. The Morgan fingerprint density at radius 2 is 1.15 bits per heavy atom. The molecule has 1 N–H and O–H groups in total. The second-order valence-electron chi connectivity index (χ2n) is 4.45. The van der Waals surface area contributed by atoms with Crippen LogP contribution in [0.25, 0.3) is 0 Å². The van der Waals surface area contributed by atoms with Crippen molar-refractivity contribution in [2.75, 3.05) is 13.1 Å². The van der Waals surface area contributed by atoms with E-state index in [1.54, 1.807) is 0 Å². The van der Waals surface area contributed by atoms with E-state index in [-0.39, 0.29) is 0 Å². The van der Waals surface area contributed by atoms with Crippen molar-refractivity contribution in [1.29, 1.82) is 0 Å². The molecule has 0 saturated heterocycles. The molecule has 2 aromatic rings. The summed E-state index contributed by atoms with van der Waals surface area (Å²) in [6.45, 7) is 10.6. The quantitative estimate of drug-likeness (QED) is 0.840. The summed E-state index contributed by atoms with van der Waals surface area (Å²) in [6.07, 6.45) is 1.14. The van der Waals surface area contributed by atoms with Crippen molar-refractivity contribution in [3.8, 4) is 0 Å². The van der Waals surface area contributed by atoms with Gasteiger partial charge < -0.3 is 5.32 Å². The van der Waals surface area contributed by atoms with E-state index in [0.29, 0.717) is 0 Å². The molecule has 1 heteroatoms. The molecular weight excluding hydrogens is 242 g/mol. The fraction of sp³-hybridized carbons (Fsp3) is 0.368. The van der Waals surface area contributed by atoms with E-state index in [9.17, 15) is 0 Å². The van der Waals surface area contributed by atoms with Gasteiger partial charge in [-0.15, -0.1) is 0 Å². The Hall–Kier alpha value is -1.60. The van der Waals surface area contributed by atoms with Crippen molar-refractivity contribution in [2.24, 2.45) is 0 Å². The lowest BCUT2D eigenvalue weighted by Gasteiger charge is -1.89. The zero-order chi connectivity index (χ0) is 15.1. The molecule has 0 amide bonds. The molecule has 0 aromatic heterocycles. The van der Waals surface area contributed by atoms with E-state index in [1.165, 1.54) is 11.1 Å². The molecule has 0 aliphatic heterocycles. The standard InChI is InChI=1S/C8H10.C7H8.C4H11N/c1-2-8-6-4-3-5-7-8;1-7-5-3-2-4-6-7;1-3-5-4-2/h3-7H,2H2,1H3;2-6H,1H3;5H,3-4H2,1-2H3. The Morgan fingerprint density at radius 1 is 0.700 bits per heavy atom. The smallest absolute Gasteiger partial charge is 0.00775 e. The monoisotopic (exact) mass is 271 g/mol. The number of rotatable bonds is 3. The van der Waals surface area contributed by atoms with Crippen molar-refractivity contribution in [2.45, 2.75) is 34.1 Å². The van der Waals surface area contributed by atoms with Gasteiger partial charge in [0.1, 0.15) is 0 Å². The van der Waals surface area contributed by atoms with E-state index >= 15 is 0 Å². The van der Waals surface area contributed by atoms with Gasteiger partial charge in [0.05, 0.1) is 0 Å². The van der Waals surface area contributed by atoms with Crippen LogP contribution in [0.3, 0.4) is 0 Å². The van der Waals surface area contributed by atoms with E-state index in [4.69, 9.17) is 0 Å². The van der Waals surface area contributed by atoms with Crippen molar-refractivity contribution in [1.82, 2.24) is 5.32 Å². The maximum atomic E-state index is 3.11. The summed E-state index contributed by atoms with van der Waals surface area (Å²) in [5.74, 6) is 0. The lowest BCUT2D eigenvalue weighted by atomic mass is 10.2. The van der Waals surface area contributed by atoms with E-state index in [2.05, 4.69) is 69.4 Å². The number of benzene rings is 2. The molecule has 0 aliphatic carbocycles. The average Bonchev–Trinajstić information content (AvgIpc) is 2.51. The van der Waals surface area contributed by atoms with Crippen LogP contribution in [0.2, 0.25) is 0 Å². The van der Waals surface area contributed by atoms with Crippen molar-refractivity contribution >= 4 is 0 Å². The van der Waals surface area contributed by atoms with Crippen LogP contribution in [0.1, 0.15) is 31.9 Å². The topological polar surface area (TPSA) is 12.0 Å². The third-order valence-electron chi connectivity index (χ3n) is 2.69. The summed E-state index contributed by atoms with van der Waals surface area (Å²) in [4.78, 5) is 0. The normalized spacial score (nSPS) is 8.80. The van der Waals surface area contributed by atoms with Gasteiger partial charge in [-0.2, -0.15) is 0 Å². The molecule has 110 valence electrons. The molecule has 0 bridgehead atoms. The summed E-state index contributed by atoms with van der Waals surface area (Å²) in [5, 5.41) is 3.11. The number of aryl methyl sites for hydroxylation is 2. The zero-order valence-corrected chi connectivity index (χ0v) is 13.4. The Morgan fingerprint density at radius 3 is 1.35 bits per heavy atom. The lowest BCUT2D eigenvalue weighted by molar-refractivity contribution is 0.762. The van der Waals surface area contributed by atoms with Crippen LogP contribution in [0.4, 0.5) is 0 Å². The molecule has 0 spiro atoms. The molecule has 20 heavy (non-hydrogen) atoms. The molecule has 0 radical (unpaired) electrons. The molecule has 2 aromatic carbocycles. The highest BCUT2D eigenvalue weighted by molar-refractivity contribution is 5.14. The first kappa shape index (κ1) is 18.4. The van der Waals surface area contributed by atoms with Crippen LogP contribution in [0.5, 0.6) is 0 Å². The van der Waals surface area contributed by atoms with Crippen LogP contribution in [0.15, 0.2) is 60.7 Å². The molecule has 0 atom stereocenters. The Balaban J connectivity index is 0.000000280. The van der Waals surface area contributed by atoms with Gasteiger partial charge in [0.2, 0.25) is 0 Å². The van der Waals surface area contributed by atoms with Gasteiger partial charge in [-0.3, -0.25) is 0 Å². The molecule has 2 rings (SSSR count). The molecule has 0 heterocycles. The van der Waals surface area contributed by atoms with Gasteiger partial charge in [0.25, 0.3) is 0 Å². The Labute approximate surface area is 125 Å². The summed E-state index contributed by atoms with van der Waals surface area (Å²) in [6, 6.07) is 20.7. The van der Waals surface area contributed by atoms with Crippen molar-refractivity contribution < 1.29 is 0 Å². The van der Waals surface area contributed by atoms with Gasteiger partial charge in [0.15, 0.2) is 0 Å². The number of nitrogens with one attached hydrogen (secondary N) is 1. The van der Waals surface area contributed by atoms with Gasteiger partial charge in [-0.05, 0) is 32.0 Å². The summed E-state index contributed by atoms with van der Waals surface area (Å²) in [5.41, 5.74) is 2.73. The first-order chi connectivity index (χ1) is 9.74. The lowest BCUT2D eigenvalue weighted by Crippen LogP contribution is -2.09. The largest absolute Gasteiger partial charge is 0.317 e.